The van der Waals surface area contributed by atoms with E-state index in [0.717, 1.165) is 5.56 Å². The summed E-state index contributed by atoms with van der Waals surface area (Å²) in [5, 5.41) is 16.3. The van der Waals surface area contributed by atoms with Crippen molar-refractivity contribution < 1.29 is 9.59 Å². The molecule has 0 saturated heterocycles. The van der Waals surface area contributed by atoms with Gasteiger partial charge in [0.1, 0.15) is 0 Å². The zero-order chi connectivity index (χ0) is 17.8. The number of benzene rings is 2. The number of nitrogens with one attached hydrogen (secondary N) is 1. The van der Waals surface area contributed by atoms with Gasteiger partial charge < -0.3 is 5.32 Å². The minimum absolute atomic E-state index is 0.165. The van der Waals surface area contributed by atoms with Crippen LogP contribution in [-0.2, 0) is 9.59 Å². The lowest BCUT2D eigenvalue weighted by atomic mass is 10.2. The van der Waals surface area contributed by atoms with Crippen LogP contribution in [0, 0.1) is 6.92 Å². The molecule has 1 heterocycles. The Bertz CT molecular complexity index is 861. The molecule has 2 aromatic rings. The van der Waals surface area contributed by atoms with E-state index in [9.17, 15) is 9.59 Å². The van der Waals surface area contributed by atoms with Gasteiger partial charge in [-0.15, -0.1) is 5.10 Å². The first kappa shape index (κ1) is 16.5. The van der Waals surface area contributed by atoms with Gasteiger partial charge in [-0.05, 0) is 30.7 Å². The fourth-order valence-corrected chi connectivity index (χ4v) is 2.37. The maximum atomic E-state index is 12.7. The Balaban J connectivity index is 1.91. The summed E-state index contributed by atoms with van der Waals surface area (Å²) in [7, 11) is 0. The molecule has 25 heavy (non-hydrogen) atoms. The van der Waals surface area contributed by atoms with Gasteiger partial charge in [-0.3, -0.25) is 9.59 Å². The molecule has 7 heteroatoms. The molecule has 0 radical (unpaired) electrons. The molecule has 0 unspecified atom stereocenters. The van der Waals surface area contributed by atoms with E-state index in [1.807, 2.05) is 37.3 Å². The summed E-state index contributed by atoms with van der Waals surface area (Å²) in [5.41, 5.74) is 2.20. The van der Waals surface area contributed by atoms with E-state index in [1.54, 1.807) is 24.3 Å². The summed E-state index contributed by atoms with van der Waals surface area (Å²) in [6, 6.07) is 15.4. The fourth-order valence-electron chi connectivity index (χ4n) is 2.37. The van der Waals surface area contributed by atoms with Gasteiger partial charge in [0.2, 0.25) is 11.9 Å². The van der Waals surface area contributed by atoms with E-state index in [0.29, 0.717) is 11.4 Å². The number of amides is 2. The van der Waals surface area contributed by atoms with Crippen molar-refractivity contribution in [2.45, 2.75) is 19.9 Å². The SMILES string of the molecule is CC(=O)NC1=NN(c2ccccc2)C(=O)[C@H]1N=Nc1ccccc1C. The summed E-state index contributed by atoms with van der Waals surface area (Å²) in [6.07, 6.45) is 0. The van der Waals surface area contributed by atoms with Gasteiger partial charge in [-0.1, -0.05) is 36.4 Å². The van der Waals surface area contributed by atoms with Crippen molar-refractivity contribution in [3.05, 3.63) is 60.2 Å². The Morgan fingerprint density at radius 3 is 2.48 bits per heavy atom. The third kappa shape index (κ3) is 3.60. The van der Waals surface area contributed by atoms with E-state index < -0.39 is 6.04 Å². The quantitative estimate of drug-likeness (QED) is 0.874. The van der Waals surface area contributed by atoms with Crippen LogP contribution in [-0.4, -0.2) is 23.7 Å². The Morgan fingerprint density at radius 1 is 1.12 bits per heavy atom. The number of aryl methyl sites for hydroxylation is 1. The molecule has 0 fully saturated rings. The Labute approximate surface area is 145 Å². The van der Waals surface area contributed by atoms with Crippen molar-refractivity contribution in [2.24, 2.45) is 15.3 Å². The molecule has 2 aromatic carbocycles. The number of anilines is 1. The summed E-state index contributed by atoms with van der Waals surface area (Å²) in [5.74, 6) is -0.525. The fraction of sp³-hybridized carbons (Fsp3) is 0.167. The summed E-state index contributed by atoms with van der Waals surface area (Å²) >= 11 is 0. The normalized spacial score (nSPS) is 17.0. The summed E-state index contributed by atoms with van der Waals surface area (Å²) in [6.45, 7) is 3.26. The van der Waals surface area contributed by atoms with Gasteiger partial charge in [0.15, 0.2) is 5.84 Å². The van der Waals surface area contributed by atoms with Crippen LogP contribution in [0.25, 0.3) is 0 Å². The molecule has 0 bridgehead atoms. The number of rotatable bonds is 3. The van der Waals surface area contributed by atoms with Crippen LogP contribution >= 0.6 is 0 Å². The Morgan fingerprint density at radius 2 is 1.80 bits per heavy atom. The van der Waals surface area contributed by atoms with Gasteiger partial charge in [0.25, 0.3) is 5.91 Å². The van der Waals surface area contributed by atoms with Gasteiger partial charge in [0.05, 0.1) is 11.4 Å². The summed E-state index contributed by atoms with van der Waals surface area (Å²) < 4.78 is 0. The third-order valence-corrected chi connectivity index (χ3v) is 3.61. The highest BCUT2D eigenvalue weighted by Crippen LogP contribution is 2.23. The number of hydrazone groups is 1. The first-order valence-electron chi connectivity index (χ1n) is 7.78. The third-order valence-electron chi connectivity index (χ3n) is 3.61. The molecule has 2 amide bonds. The highest BCUT2D eigenvalue weighted by Gasteiger charge is 2.37. The molecule has 1 N–H and O–H groups in total. The van der Waals surface area contributed by atoms with Crippen molar-refractivity contribution in [2.75, 3.05) is 5.01 Å². The molecule has 0 saturated carbocycles. The number of amidine groups is 1. The lowest BCUT2D eigenvalue weighted by Gasteiger charge is -2.11. The molecule has 1 aliphatic rings. The molecule has 7 nitrogen and oxygen atoms in total. The number of hydrogen-bond acceptors (Lipinski definition) is 5. The highest BCUT2D eigenvalue weighted by atomic mass is 16.2. The highest BCUT2D eigenvalue weighted by molar-refractivity contribution is 6.21. The van der Waals surface area contributed by atoms with Gasteiger partial charge in [0, 0.05) is 6.92 Å². The number of azo groups is 1. The standard InChI is InChI=1S/C18H17N5O2/c1-12-8-6-7-11-15(12)20-21-16-17(19-13(2)24)22-23(18(16)25)14-9-4-3-5-10-14/h3-11,16H,1-2H3,(H,19,22,24)/t16-/m0/s1. The van der Waals surface area contributed by atoms with Crippen molar-refractivity contribution >= 4 is 29.0 Å². The van der Waals surface area contributed by atoms with E-state index in [2.05, 4.69) is 20.6 Å². The van der Waals surface area contributed by atoms with Crippen LogP contribution < -0.4 is 10.3 Å². The Hall–Kier alpha value is -3.35. The molecule has 0 aliphatic carbocycles. The van der Waals surface area contributed by atoms with Crippen LogP contribution in [0.5, 0.6) is 0 Å². The number of carbonyl (C=O) groups excluding carboxylic acids is 2. The van der Waals surface area contributed by atoms with Crippen molar-refractivity contribution in [1.29, 1.82) is 0 Å². The van der Waals surface area contributed by atoms with Gasteiger partial charge >= 0.3 is 0 Å². The lowest BCUT2D eigenvalue weighted by Crippen LogP contribution is -2.38. The molecule has 126 valence electrons. The Kier molecular flexibility index (Phi) is 4.65. The minimum atomic E-state index is -0.983. The average Bonchev–Trinajstić information content (AvgIpc) is 2.90. The predicted octanol–water partition coefficient (Wildman–Crippen LogP) is 2.94. The smallest absolute Gasteiger partial charge is 0.282 e. The number of para-hydroxylation sites is 1. The van der Waals surface area contributed by atoms with Gasteiger partial charge in [-0.2, -0.15) is 15.2 Å². The van der Waals surface area contributed by atoms with E-state index in [1.165, 1.54) is 11.9 Å². The van der Waals surface area contributed by atoms with Crippen LogP contribution in [0.2, 0.25) is 0 Å². The molecule has 3 rings (SSSR count). The van der Waals surface area contributed by atoms with E-state index in [-0.39, 0.29) is 17.6 Å². The molecular weight excluding hydrogens is 318 g/mol. The second-order valence-corrected chi connectivity index (χ2v) is 5.56. The molecule has 0 spiro atoms. The number of nitrogens with zero attached hydrogens (tertiary/aromatic N) is 4. The number of carbonyl (C=O) groups is 2. The second-order valence-electron chi connectivity index (χ2n) is 5.56. The van der Waals surface area contributed by atoms with Crippen molar-refractivity contribution in [1.82, 2.24) is 5.32 Å². The zero-order valence-corrected chi connectivity index (χ0v) is 13.9. The first-order chi connectivity index (χ1) is 12.1. The maximum Gasteiger partial charge on any atom is 0.282 e. The zero-order valence-electron chi connectivity index (χ0n) is 13.9. The largest absolute Gasteiger partial charge is 0.311 e. The lowest BCUT2D eigenvalue weighted by molar-refractivity contribution is -0.117. The minimum Gasteiger partial charge on any atom is -0.311 e. The van der Waals surface area contributed by atoms with Crippen LogP contribution in [0.1, 0.15) is 12.5 Å². The van der Waals surface area contributed by atoms with Crippen LogP contribution in [0.4, 0.5) is 11.4 Å². The predicted molar refractivity (Wildman–Crippen MR) is 94.7 cm³/mol. The molecule has 1 aliphatic heterocycles. The first-order valence-corrected chi connectivity index (χ1v) is 7.78. The molecule has 1 atom stereocenters. The van der Waals surface area contributed by atoms with Crippen LogP contribution in [0.3, 0.4) is 0 Å². The molecule has 0 aromatic heterocycles. The van der Waals surface area contributed by atoms with Crippen molar-refractivity contribution in [3.8, 4) is 0 Å². The van der Waals surface area contributed by atoms with E-state index in [4.69, 9.17) is 0 Å². The average molecular weight is 335 g/mol. The molecular formula is C18H17N5O2. The van der Waals surface area contributed by atoms with Gasteiger partial charge in [-0.25, -0.2) is 0 Å². The summed E-state index contributed by atoms with van der Waals surface area (Å²) in [4.78, 5) is 24.1. The second kappa shape index (κ2) is 7.04. The van der Waals surface area contributed by atoms with Crippen LogP contribution in [0.15, 0.2) is 69.9 Å². The number of hydrogen-bond donors (Lipinski definition) is 1. The topological polar surface area (TPSA) is 86.5 Å². The maximum absolute atomic E-state index is 12.7. The van der Waals surface area contributed by atoms with Crippen molar-refractivity contribution in [3.63, 3.8) is 0 Å². The monoisotopic (exact) mass is 335 g/mol. The van der Waals surface area contributed by atoms with E-state index >= 15 is 0 Å².